The smallest absolute Gasteiger partial charge is 0.413 e. The van der Waals surface area contributed by atoms with Crippen molar-refractivity contribution in [3.05, 3.63) is 36.5 Å². The lowest BCUT2D eigenvalue weighted by molar-refractivity contribution is -0.129. The van der Waals surface area contributed by atoms with Gasteiger partial charge in [0.05, 0.1) is 0 Å². The minimum Gasteiger partial charge on any atom is -0.446 e. The van der Waals surface area contributed by atoms with E-state index in [0.717, 1.165) is 0 Å². The van der Waals surface area contributed by atoms with Crippen LogP contribution < -0.4 is 10.6 Å². The van der Waals surface area contributed by atoms with E-state index in [-0.39, 0.29) is 6.61 Å². The average molecular weight is 250 g/mol. The molecular weight excluding hydrogens is 236 g/mol. The van der Waals surface area contributed by atoms with Gasteiger partial charge in [0.2, 0.25) is 0 Å². The summed E-state index contributed by atoms with van der Waals surface area (Å²) in [6.07, 6.45) is 5.46. The van der Waals surface area contributed by atoms with Gasteiger partial charge in [-0.05, 0) is 6.92 Å². The molecule has 2 N–H and O–H groups in total. The van der Waals surface area contributed by atoms with Crippen molar-refractivity contribution in [1.29, 1.82) is 0 Å². The number of imide groups is 1. The van der Waals surface area contributed by atoms with Crippen molar-refractivity contribution in [3.8, 4) is 0 Å². The molecular formula is C12H14N2O4. The van der Waals surface area contributed by atoms with Gasteiger partial charge >= 0.3 is 6.09 Å². The molecule has 1 aliphatic rings. The number of hydrogen-bond donors (Lipinski definition) is 2. The highest BCUT2D eigenvalue weighted by molar-refractivity contribution is 6.02. The van der Waals surface area contributed by atoms with Crippen LogP contribution in [0.3, 0.4) is 0 Å². The van der Waals surface area contributed by atoms with Gasteiger partial charge in [0.15, 0.2) is 0 Å². The first-order chi connectivity index (χ1) is 8.58. The number of allylic oxidation sites excluding steroid dienone is 3. The molecule has 0 radical (unpaired) electrons. The number of nitrogens with one attached hydrogen (secondary N) is 2. The molecule has 0 aliphatic carbocycles. The van der Waals surface area contributed by atoms with Gasteiger partial charge < -0.3 is 10.1 Å². The third kappa shape index (κ3) is 3.58. The van der Waals surface area contributed by atoms with Gasteiger partial charge in [-0.2, -0.15) is 0 Å². The van der Waals surface area contributed by atoms with E-state index in [1.807, 2.05) is 5.32 Å². The van der Waals surface area contributed by atoms with E-state index < -0.39 is 23.9 Å². The summed E-state index contributed by atoms with van der Waals surface area (Å²) in [4.78, 5) is 34.0. The number of carbonyl (C=O) groups excluding carboxylic acids is 3. The molecule has 1 atom stereocenters. The van der Waals surface area contributed by atoms with E-state index in [2.05, 4.69) is 16.6 Å². The number of cyclic esters (lactones) is 1. The Hall–Kier alpha value is -2.37. The van der Waals surface area contributed by atoms with Crippen molar-refractivity contribution in [2.75, 3.05) is 6.61 Å². The normalized spacial score (nSPS) is 20.3. The maximum Gasteiger partial charge on any atom is 0.413 e. The first-order valence-corrected chi connectivity index (χ1v) is 5.32. The van der Waals surface area contributed by atoms with Crippen LogP contribution in [0.2, 0.25) is 0 Å². The molecule has 0 saturated carbocycles. The quantitative estimate of drug-likeness (QED) is 0.559. The van der Waals surface area contributed by atoms with Crippen LogP contribution in [0.15, 0.2) is 36.5 Å². The minimum atomic E-state index is -0.881. The van der Waals surface area contributed by atoms with Gasteiger partial charge in [-0.25, -0.2) is 4.79 Å². The maximum atomic E-state index is 11.8. The molecule has 0 aromatic rings. The second-order valence-electron chi connectivity index (χ2n) is 3.47. The SMILES string of the molecule is C=C/C=C(\C=CC)C(=O)NC1COC(=O)NC1=O. The summed E-state index contributed by atoms with van der Waals surface area (Å²) in [6.45, 7) is 5.09. The topological polar surface area (TPSA) is 84.5 Å². The van der Waals surface area contributed by atoms with Gasteiger partial charge in [-0.1, -0.05) is 30.9 Å². The lowest BCUT2D eigenvalue weighted by atomic mass is 10.2. The number of ether oxygens (including phenoxy) is 1. The van der Waals surface area contributed by atoms with Crippen LogP contribution in [0.25, 0.3) is 0 Å². The molecule has 0 spiro atoms. The number of alkyl carbamates (subject to hydrolysis) is 1. The highest BCUT2D eigenvalue weighted by Gasteiger charge is 2.29. The first-order valence-electron chi connectivity index (χ1n) is 5.32. The Labute approximate surface area is 104 Å². The average Bonchev–Trinajstić information content (AvgIpc) is 2.32. The molecule has 0 aromatic carbocycles. The predicted octanol–water partition coefficient (Wildman–Crippen LogP) is 0.426. The number of rotatable bonds is 4. The van der Waals surface area contributed by atoms with Crippen molar-refractivity contribution in [3.63, 3.8) is 0 Å². The van der Waals surface area contributed by atoms with Gasteiger partial charge in [0.1, 0.15) is 12.6 Å². The zero-order valence-electron chi connectivity index (χ0n) is 9.93. The highest BCUT2D eigenvalue weighted by atomic mass is 16.6. The van der Waals surface area contributed by atoms with Crippen LogP contribution in [0.4, 0.5) is 4.79 Å². The van der Waals surface area contributed by atoms with Crippen molar-refractivity contribution in [2.45, 2.75) is 13.0 Å². The van der Waals surface area contributed by atoms with Crippen LogP contribution >= 0.6 is 0 Å². The molecule has 18 heavy (non-hydrogen) atoms. The summed E-state index contributed by atoms with van der Waals surface area (Å²) in [5, 5.41) is 4.43. The van der Waals surface area contributed by atoms with Crippen molar-refractivity contribution in [2.24, 2.45) is 0 Å². The molecule has 1 unspecified atom stereocenters. The van der Waals surface area contributed by atoms with Crippen LogP contribution in [0.5, 0.6) is 0 Å². The molecule has 6 heteroatoms. The Morgan fingerprint density at radius 2 is 2.28 bits per heavy atom. The summed E-state index contributed by atoms with van der Waals surface area (Å²) >= 11 is 0. The summed E-state index contributed by atoms with van der Waals surface area (Å²) in [6, 6.07) is -0.881. The Bertz CT molecular complexity index is 437. The molecule has 3 amide bonds. The first kappa shape index (κ1) is 13.7. The maximum absolute atomic E-state index is 11.8. The summed E-state index contributed by atoms with van der Waals surface area (Å²) < 4.78 is 4.62. The molecule has 0 aromatic heterocycles. The zero-order chi connectivity index (χ0) is 13.5. The van der Waals surface area contributed by atoms with Crippen LogP contribution in [-0.2, 0) is 14.3 Å². The predicted molar refractivity (Wildman–Crippen MR) is 64.5 cm³/mol. The fourth-order valence-electron chi connectivity index (χ4n) is 1.32. The Kier molecular flexibility index (Phi) is 4.86. The molecule has 96 valence electrons. The molecule has 1 aliphatic heterocycles. The molecule has 6 nitrogen and oxygen atoms in total. The molecule has 1 heterocycles. The van der Waals surface area contributed by atoms with Gasteiger partial charge in [-0.15, -0.1) is 0 Å². The summed E-state index contributed by atoms with van der Waals surface area (Å²) in [7, 11) is 0. The zero-order valence-corrected chi connectivity index (χ0v) is 9.93. The third-order valence-corrected chi connectivity index (χ3v) is 2.13. The van der Waals surface area contributed by atoms with Crippen molar-refractivity contribution >= 4 is 17.9 Å². The summed E-state index contributed by atoms with van der Waals surface area (Å²) in [5.41, 5.74) is 0.359. The molecule has 0 bridgehead atoms. The molecule has 1 fully saturated rings. The summed E-state index contributed by atoms with van der Waals surface area (Å²) in [5.74, 6) is -1.02. The Balaban J connectivity index is 2.69. The van der Waals surface area contributed by atoms with Gasteiger partial charge in [0, 0.05) is 5.57 Å². The Morgan fingerprint density at radius 3 is 2.83 bits per heavy atom. The third-order valence-electron chi connectivity index (χ3n) is 2.13. The van der Waals surface area contributed by atoms with E-state index in [9.17, 15) is 14.4 Å². The standard InChI is InChI=1S/C12H14N2O4/c1-3-5-8(6-4-2)10(15)13-9-7-18-12(17)14-11(9)16/h3-6,9H,1,7H2,2H3,(H,13,15)(H,14,16,17)/b6-4?,8-5+. The number of amides is 3. The second-order valence-corrected chi connectivity index (χ2v) is 3.47. The van der Waals surface area contributed by atoms with Crippen molar-refractivity contribution in [1.82, 2.24) is 10.6 Å². The van der Waals surface area contributed by atoms with E-state index in [4.69, 9.17) is 0 Å². The largest absolute Gasteiger partial charge is 0.446 e. The van der Waals surface area contributed by atoms with E-state index in [0.29, 0.717) is 5.57 Å². The second kappa shape index (κ2) is 6.39. The minimum absolute atomic E-state index is 0.173. The van der Waals surface area contributed by atoms with Crippen LogP contribution in [0.1, 0.15) is 6.92 Å². The van der Waals surface area contributed by atoms with E-state index >= 15 is 0 Å². The number of hydrogen-bond acceptors (Lipinski definition) is 4. The monoisotopic (exact) mass is 250 g/mol. The molecule has 1 saturated heterocycles. The fourth-order valence-corrected chi connectivity index (χ4v) is 1.32. The van der Waals surface area contributed by atoms with Gasteiger partial charge in [0.25, 0.3) is 11.8 Å². The highest BCUT2D eigenvalue weighted by Crippen LogP contribution is 2.01. The van der Waals surface area contributed by atoms with Crippen molar-refractivity contribution < 1.29 is 19.1 Å². The van der Waals surface area contributed by atoms with E-state index in [1.165, 1.54) is 12.2 Å². The van der Waals surface area contributed by atoms with Crippen LogP contribution in [0, 0.1) is 0 Å². The Morgan fingerprint density at radius 1 is 1.56 bits per heavy atom. The van der Waals surface area contributed by atoms with Gasteiger partial charge in [-0.3, -0.25) is 14.9 Å². The lowest BCUT2D eigenvalue weighted by Gasteiger charge is -2.22. The lowest BCUT2D eigenvalue weighted by Crippen LogP contribution is -2.55. The number of carbonyl (C=O) groups is 3. The van der Waals surface area contributed by atoms with Crippen LogP contribution in [-0.4, -0.2) is 30.6 Å². The molecule has 1 rings (SSSR count). The van der Waals surface area contributed by atoms with E-state index in [1.54, 1.807) is 19.1 Å². The fraction of sp³-hybridized carbons (Fsp3) is 0.250.